The molecule has 0 aliphatic carbocycles. The number of aryl methyl sites for hydroxylation is 2. The summed E-state index contributed by atoms with van der Waals surface area (Å²) in [5.74, 6) is 0.930. The molecule has 0 fully saturated rings. The SMILES string of the molecule is CCOc1ccc(-c2nn(C)c(CN)c2C)cc1C. The summed E-state index contributed by atoms with van der Waals surface area (Å²) in [5.41, 5.74) is 11.2. The van der Waals surface area contributed by atoms with Gasteiger partial charge in [0.1, 0.15) is 5.75 Å². The monoisotopic (exact) mass is 259 g/mol. The molecule has 0 radical (unpaired) electrons. The molecule has 1 aromatic heterocycles. The summed E-state index contributed by atoms with van der Waals surface area (Å²) >= 11 is 0. The van der Waals surface area contributed by atoms with Gasteiger partial charge in [-0.15, -0.1) is 0 Å². The second-order valence-electron chi connectivity index (χ2n) is 4.66. The van der Waals surface area contributed by atoms with Gasteiger partial charge in [-0.25, -0.2) is 0 Å². The molecule has 0 aliphatic rings. The van der Waals surface area contributed by atoms with Gasteiger partial charge in [0, 0.05) is 19.2 Å². The number of ether oxygens (including phenoxy) is 1. The Morgan fingerprint density at radius 2 is 2.05 bits per heavy atom. The average molecular weight is 259 g/mol. The van der Waals surface area contributed by atoms with Gasteiger partial charge in [0.05, 0.1) is 18.0 Å². The molecule has 0 saturated heterocycles. The van der Waals surface area contributed by atoms with Crippen LogP contribution in [0, 0.1) is 13.8 Å². The number of hydrogen-bond donors (Lipinski definition) is 1. The first-order chi connectivity index (χ1) is 9.08. The summed E-state index contributed by atoms with van der Waals surface area (Å²) in [6, 6.07) is 6.17. The number of benzene rings is 1. The fourth-order valence-electron chi connectivity index (χ4n) is 2.34. The van der Waals surface area contributed by atoms with Gasteiger partial charge in [0.25, 0.3) is 0 Å². The van der Waals surface area contributed by atoms with Crippen LogP contribution in [0.25, 0.3) is 11.3 Å². The third-order valence-corrected chi connectivity index (χ3v) is 3.37. The van der Waals surface area contributed by atoms with Crippen molar-refractivity contribution < 1.29 is 4.74 Å². The first kappa shape index (κ1) is 13.6. The number of hydrogen-bond acceptors (Lipinski definition) is 3. The van der Waals surface area contributed by atoms with E-state index in [1.807, 2.05) is 30.8 Å². The Balaban J connectivity index is 2.45. The lowest BCUT2D eigenvalue weighted by molar-refractivity contribution is 0.338. The Hall–Kier alpha value is -1.81. The van der Waals surface area contributed by atoms with Crippen LogP contribution in [0.4, 0.5) is 0 Å². The van der Waals surface area contributed by atoms with E-state index in [2.05, 4.69) is 25.0 Å². The highest BCUT2D eigenvalue weighted by molar-refractivity contribution is 5.66. The first-order valence-electron chi connectivity index (χ1n) is 6.54. The van der Waals surface area contributed by atoms with Crippen molar-refractivity contribution in [2.24, 2.45) is 12.8 Å². The molecular formula is C15H21N3O. The fraction of sp³-hybridized carbons (Fsp3) is 0.400. The van der Waals surface area contributed by atoms with Crippen LogP contribution in [0.5, 0.6) is 5.75 Å². The minimum atomic E-state index is 0.505. The average Bonchev–Trinajstić information content (AvgIpc) is 2.67. The van der Waals surface area contributed by atoms with Crippen LogP contribution >= 0.6 is 0 Å². The Labute approximate surface area is 114 Å². The number of nitrogens with zero attached hydrogens (tertiary/aromatic N) is 2. The molecule has 1 aromatic carbocycles. The highest BCUT2D eigenvalue weighted by atomic mass is 16.5. The lowest BCUT2D eigenvalue weighted by Gasteiger charge is -2.08. The van der Waals surface area contributed by atoms with Gasteiger partial charge in [-0.1, -0.05) is 0 Å². The van der Waals surface area contributed by atoms with Gasteiger partial charge in [-0.3, -0.25) is 4.68 Å². The molecule has 4 heteroatoms. The predicted molar refractivity (Wildman–Crippen MR) is 77.2 cm³/mol. The number of rotatable bonds is 4. The largest absolute Gasteiger partial charge is 0.494 e. The van der Waals surface area contributed by atoms with Crippen LogP contribution < -0.4 is 10.5 Å². The van der Waals surface area contributed by atoms with E-state index in [1.165, 1.54) is 0 Å². The quantitative estimate of drug-likeness (QED) is 0.918. The molecule has 0 unspecified atom stereocenters. The second kappa shape index (κ2) is 5.45. The molecule has 2 aromatic rings. The molecule has 1 heterocycles. The molecule has 0 atom stereocenters. The van der Waals surface area contributed by atoms with Crippen LogP contribution in [0.15, 0.2) is 18.2 Å². The third kappa shape index (κ3) is 2.49. The molecule has 0 saturated carbocycles. The van der Waals surface area contributed by atoms with Crippen molar-refractivity contribution >= 4 is 0 Å². The van der Waals surface area contributed by atoms with E-state index in [9.17, 15) is 0 Å². The van der Waals surface area contributed by atoms with E-state index in [4.69, 9.17) is 10.5 Å². The van der Waals surface area contributed by atoms with Crippen molar-refractivity contribution in [1.82, 2.24) is 9.78 Å². The predicted octanol–water partition coefficient (Wildman–Crippen LogP) is 2.56. The fourth-order valence-corrected chi connectivity index (χ4v) is 2.34. The van der Waals surface area contributed by atoms with Crippen LogP contribution in [0.1, 0.15) is 23.7 Å². The minimum absolute atomic E-state index is 0.505. The van der Waals surface area contributed by atoms with Crippen LogP contribution in [-0.4, -0.2) is 16.4 Å². The molecular weight excluding hydrogens is 238 g/mol. The zero-order chi connectivity index (χ0) is 14.0. The van der Waals surface area contributed by atoms with Crippen molar-refractivity contribution in [3.8, 4) is 17.0 Å². The maximum Gasteiger partial charge on any atom is 0.122 e. The molecule has 0 amide bonds. The van der Waals surface area contributed by atoms with Gasteiger partial charge in [0.2, 0.25) is 0 Å². The topological polar surface area (TPSA) is 53.1 Å². The van der Waals surface area contributed by atoms with Crippen molar-refractivity contribution in [1.29, 1.82) is 0 Å². The Morgan fingerprint density at radius 1 is 1.32 bits per heavy atom. The second-order valence-corrected chi connectivity index (χ2v) is 4.66. The highest BCUT2D eigenvalue weighted by Crippen LogP contribution is 2.28. The summed E-state index contributed by atoms with van der Waals surface area (Å²) < 4.78 is 7.42. The van der Waals surface area contributed by atoms with E-state index < -0.39 is 0 Å². The van der Waals surface area contributed by atoms with E-state index in [-0.39, 0.29) is 0 Å². The van der Waals surface area contributed by atoms with Crippen LogP contribution in [-0.2, 0) is 13.6 Å². The third-order valence-electron chi connectivity index (χ3n) is 3.37. The molecule has 0 bridgehead atoms. The maximum atomic E-state index is 5.76. The molecule has 0 spiro atoms. The molecule has 4 nitrogen and oxygen atoms in total. The van der Waals surface area contributed by atoms with Crippen molar-refractivity contribution in [2.75, 3.05) is 6.61 Å². The van der Waals surface area contributed by atoms with E-state index in [0.717, 1.165) is 33.8 Å². The van der Waals surface area contributed by atoms with E-state index in [1.54, 1.807) is 0 Å². The highest BCUT2D eigenvalue weighted by Gasteiger charge is 2.13. The first-order valence-corrected chi connectivity index (χ1v) is 6.54. The summed E-state index contributed by atoms with van der Waals surface area (Å²) in [6.45, 7) is 7.29. The zero-order valence-corrected chi connectivity index (χ0v) is 12.0. The maximum absolute atomic E-state index is 5.76. The van der Waals surface area contributed by atoms with Gasteiger partial charge >= 0.3 is 0 Å². The van der Waals surface area contributed by atoms with E-state index in [0.29, 0.717) is 13.2 Å². The lowest BCUT2D eigenvalue weighted by atomic mass is 10.0. The van der Waals surface area contributed by atoms with Gasteiger partial charge in [-0.2, -0.15) is 5.10 Å². The molecule has 0 aliphatic heterocycles. The number of nitrogens with two attached hydrogens (primary N) is 1. The van der Waals surface area contributed by atoms with Crippen LogP contribution in [0.3, 0.4) is 0 Å². The van der Waals surface area contributed by atoms with Gasteiger partial charge < -0.3 is 10.5 Å². The summed E-state index contributed by atoms with van der Waals surface area (Å²) in [5, 5.41) is 4.56. The van der Waals surface area contributed by atoms with Gasteiger partial charge in [0.15, 0.2) is 0 Å². The molecule has 2 rings (SSSR count). The minimum Gasteiger partial charge on any atom is -0.494 e. The molecule has 102 valence electrons. The molecule has 2 N–H and O–H groups in total. The van der Waals surface area contributed by atoms with Crippen LogP contribution in [0.2, 0.25) is 0 Å². The normalized spacial score (nSPS) is 10.8. The summed E-state index contributed by atoms with van der Waals surface area (Å²) in [6.07, 6.45) is 0. The Kier molecular flexibility index (Phi) is 3.90. The standard InChI is InChI=1S/C15H21N3O/c1-5-19-14-7-6-12(8-10(14)2)15-11(3)13(9-16)18(4)17-15/h6-8H,5,9,16H2,1-4H3. The Morgan fingerprint density at radius 3 is 2.58 bits per heavy atom. The number of aromatic nitrogens is 2. The lowest BCUT2D eigenvalue weighted by Crippen LogP contribution is -2.05. The zero-order valence-electron chi connectivity index (χ0n) is 12.0. The van der Waals surface area contributed by atoms with Gasteiger partial charge in [-0.05, 0) is 50.1 Å². The summed E-state index contributed by atoms with van der Waals surface area (Å²) in [4.78, 5) is 0. The van der Waals surface area contributed by atoms with E-state index >= 15 is 0 Å². The van der Waals surface area contributed by atoms with Crippen molar-refractivity contribution in [3.05, 3.63) is 35.0 Å². The summed E-state index contributed by atoms with van der Waals surface area (Å²) in [7, 11) is 1.93. The Bertz CT molecular complexity index is 587. The smallest absolute Gasteiger partial charge is 0.122 e. The van der Waals surface area contributed by atoms with Crippen molar-refractivity contribution in [2.45, 2.75) is 27.3 Å². The van der Waals surface area contributed by atoms with Crippen molar-refractivity contribution in [3.63, 3.8) is 0 Å². The molecule has 19 heavy (non-hydrogen) atoms.